The number of carbonyl (C=O) groups is 1. The van der Waals surface area contributed by atoms with E-state index in [1.165, 1.54) is 38.5 Å². The second-order valence-electron chi connectivity index (χ2n) is 5.95. The molecule has 0 aromatic carbocycles. The summed E-state index contributed by atoms with van der Waals surface area (Å²) in [6.45, 7) is 0.897. The van der Waals surface area contributed by atoms with Crippen LogP contribution in [0.5, 0.6) is 0 Å². The Kier molecular flexibility index (Phi) is 4.39. The van der Waals surface area contributed by atoms with Crippen LogP contribution in [-0.2, 0) is 0 Å². The number of likely N-dealkylation sites (tertiary alicyclic amines) is 1. The van der Waals surface area contributed by atoms with Gasteiger partial charge in [0.25, 0.3) is 5.91 Å². The van der Waals surface area contributed by atoms with E-state index < -0.39 is 0 Å². The van der Waals surface area contributed by atoms with Crippen molar-refractivity contribution < 1.29 is 4.79 Å². The highest BCUT2D eigenvalue weighted by molar-refractivity contribution is 9.10. The lowest BCUT2D eigenvalue weighted by atomic mass is 9.83. The van der Waals surface area contributed by atoms with Gasteiger partial charge in [-0.05, 0) is 59.7 Å². The number of pyridine rings is 1. The first-order valence-corrected chi connectivity index (χ1v) is 8.48. The van der Waals surface area contributed by atoms with Crippen LogP contribution in [-0.4, -0.2) is 28.4 Å². The van der Waals surface area contributed by atoms with Gasteiger partial charge in [-0.2, -0.15) is 0 Å². The highest BCUT2D eigenvalue weighted by Crippen LogP contribution is 2.34. The number of rotatable bonds is 2. The molecule has 1 atom stereocenters. The highest BCUT2D eigenvalue weighted by atomic mass is 79.9. The Morgan fingerprint density at radius 2 is 1.95 bits per heavy atom. The summed E-state index contributed by atoms with van der Waals surface area (Å²) < 4.78 is 0.733. The van der Waals surface area contributed by atoms with Gasteiger partial charge < -0.3 is 4.90 Å². The lowest BCUT2D eigenvalue weighted by Crippen LogP contribution is -2.41. The molecule has 3 nitrogen and oxygen atoms in total. The van der Waals surface area contributed by atoms with Crippen molar-refractivity contribution in [1.82, 2.24) is 9.88 Å². The lowest BCUT2D eigenvalue weighted by Gasteiger charge is -2.34. The van der Waals surface area contributed by atoms with Crippen molar-refractivity contribution in [3.63, 3.8) is 0 Å². The van der Waals surface area contributed by atoms with Crippen LogP contribution in [0.15, 0.2) is 22.8 Å². The van der Waals surface area contributed by atoms with Crippen molar-refractivity contribution in [3.8, 4) is 0 Å². The molecule has 1 aliphatic heterocycles. The van der Waals surface area contributed by atoms with Crippen molar-refractivity contribution in [1.29, 1.82) is 0 Å². The molecular weight excluding hydrogens is 316 g/mol. The largest absolute Gasteiger partial charge is 0.334 e. The zero-order valence-corrected chi connectivity index (χ0v) is 13.3. The fraction of sp³-hybridized carbons (Fsp3) is 0.625. The molecule has 1 amide bonds. The summed E-state index contributed by atoms with van der Waals surface area (Å²) in [5, 5.41) is 0. The van der Waals surface area contributed by atoms with E-state index in [0.29, 0.717) is 17.7 Å². The molecule has 2 fully saturated rings. The molecule has 1 aromatic heterocycles. The van der Waals surface area contributed by atoms with Crippen LogP contribution in [0.4, 0.5) is 0 Å². The van der Waals surface area contributed by atoms with Gasteiger partial charge in [-0.15, -0.1) is 0 Å². The minimum absolute atomic E-state index is 0.111. The summed E-state index contributed by atoms with van der Waals surface area (Å²) >= 11 is 3.35. The van der Waals surface area contributed by atoms with E-state index in [1.807, 2.05) is 18.2 Å². The molecule has 0 spiro atoms. The van der Waals surface area contributed by atoms with Crippen LogP contribution in [0.1, 0.15) is 55.4 Å². The fourth-order valence-electron chi connectivity index (χ4n) is 3.73. The first-order chi connectivity index (χ1) is 9.75. The summed E-state index contributed by atoms with van der Waals surface area (Å²) in [5.41, 5.74) is 0.571. The maximum absolute atomic E-state index is 12.7. The van der Waals surface area contributed by atoms with Gasteiger partial charge in [0.05, 0.1) is 0 Å². The van der Waals surface area contributed by atoms with Gasteiger partial charge in [-0.1, -0.05) is 25.3 Å². The van der Waals surface area contributed by atoms with E-state index in [0.717, 1.165) is 17.6 Å². The Labute approximate surface area is 128 Å². The Balaban J connectivity index is 1.76. The van der Waals surface area contributed by atoms with Crippen molar-refractivity contribution >= 4 is 21.8 Å². The average molecular weight is 337 g/mol. The predicted molar refractivity (Wildman–Crippen MR) is 82.6 cm³/mol. The Bertz CT molecular complexity index is 485. The van der Waals surface area contributed by atoms with Crippen LogP contribution in [0, 0.1) is 5.92 Å². The van der Waals surface area contributed by atoms with Crippen molar-refractivity contribution in [2.24, 2.45) is 5.92 Å². The second kappa shape index (κ2) is 6.25. The number of nitrogens with zero attached hydrogens (tertiary/aromatic N) is 2. The molecule has 4 heteroatoms. The van der Waals surface area contributed by atoms with E-state index in [1.54, 1.807) is 0 Å². The van der Waals surface area contributed by atoms with Crippen molar-refractivity contribution in [3.05, 3.63) is 28.5 Å². The summed E-state index contributed by atoms with van der Waals surface area (Å²) in [4.78, 5) is 19.1. The Morgan fingerprint density at radius 3 is 2.70 bits per heavy atom. The van der Waals surface area contributed by atoms with Gasteiger partial charge in [0.2, 0.25) is 0 Å². The van der Waals surface area contributed by atoms with Gasteiger partial charge in [-0.3, -0.25) is 4.79 Å². The zero-order chi connectivity index (χ0) is 13.9. The van der Waals surface area contributed by atoms with Crippen molar-refractivity contribution in [2.75, 3.05) is 6.54 Å². The third kappa shape index (κ3) is 2.90. The molecule has 0 N–H and O–H groups in total. The summed E-state index contributed by atoms with van der Waals surface area (Å²) in [6.07, 6.45) is 8.92. The summed E-state index contributed by atoms with van der Waals surface area (Å²) in [6, 6.07) is 6.02. The van der Waals surface area contributed by atoms with Crippen LogP contribution < -0.4 is 0 Å². The minimum Gasteiger partial charge on any atom is -0.334 e. The van der Waals surface area contributed by atoms with Gasteiger partial charge in [0, 0.05) is 12.6 Å². The van der Waals surface area contributed by atoms with Gasteiger partial charge >= 0.3 is 0 Å². The second-order valence-corrected chi connectivity index (χ2v) is 6.76. The van der Waals surface area contributed by atoms with Gasteiger partial charge in [0.15, 0.2) is 0 Å². The third-order valence-corrected chi connectivity index (χ3v) is 5.13. The van der Waals surface area contributed by atoms with Crippen LogP contribution in [0.3, 0.4) is 0 Å². The molecule has 20 heavy (non-hydrogen) atoms. The maximum Gasteiger partial charge on any atom is 0.272 e. The Morgan fingerprint density at radius 1 is 1.15 bits per heavy atom. The highest BCUT2D eigenvalue weighted by Gasteiger charge is 2.35. The van der Waals surface area contributed by atoms with E-state index >= 15 is 0 Å². The molecule has 1 aromatic rings. The van der Waals surface area contributed by atoms with Gasteiger partial charge in [-0.25, -0.2) is 4.98 Å². The van der Waals surface area contributed by atoms with Crippen molar-refractivity contribution in [2.45, 2.75) is 51.0 Å². The quantitative estimate of drug-likeness (QED) is 0.764. The molecule has 0 bridgehead atoms. The smallest absolute Gasteiger partial charge is 0.272 e. The van der Waals surface area contributed by atoms with Crippen LogP contribution in [0.25, 0.3) is 0 Å². The number of hydrogen-bond acceptors (Lipinski definition) is 2. The fourth-order valence-corrected chi connectivity index (χ4v) is 4.07. The molecule has 3 rings (SSSR count). The van der Waals surface area contributed by atoms with Crippen LogP contribution >= 0.6 is 15.9 Å². The number of aromatic nitrogens is 1. The third-order valence-electron chi connectivity index (χ3n) is 4.69. The molecule has 0 radical (unpaired) electrons. The predicted octanol–water partition coefficient (Wildman–Crippen LogP) is 4.03. The number of carbonyl (C=O) groups excluding carboxylic acids is 1. The molecule has 2 heterocycles. The first-order valence-electron chi connectivity index (χ1n) is 7.69. The molecule has 108 valence electrons. The van der Waals surface area contributed by atoms with E-state index in [4.69, 9.17) is 0 Å². The first kappa shape index (κ1) is 14.1. The normalized spacial score (nSPS) is 24.1. The van der Waals surface area contributed by atoms with E-state index in [-0.39, 0.29) is 5.91 Å². The van der Waals surface area contributed by atoms with E-state index in [9.17, 15) is 4.79 Å². The molecule has 1 unspecified atom stereocenters. The number of halogens is 1. The standard InChI is InChI=1S/C16H21BrN2O/c17-15-10-4-8-13(18-15)16(20)19-11-5-9-14(19)12-6-2-1-3-7-12/h4,8,10,12,14H,1-3,5-7,9,11H2. The number of hydrogen-bond donors (Lipinski definition) is 0. The molecular formula is C16H21BrN2O. The average Bonchev–Trinajstić information content (AvgIpc) is 2.97. The summed E-state index contributed by atoms with van der Waals surface area (Å²) in [5.74, 6) is 0.821. The molecule has 1 saturated heterocycles. The molecule has 2 aliphatic rings. The Hall–Kier alpha value is -0.900. The lowest BCUT2D eigenvalue weighted by molar-refractivity contribution is 0.0655. The summed E-state index contributed by atoms with van der Waals surface area (Å²) in [7, 11) is 0. The minimum atomic E-state index is 0.111. The van der Waals surface area contributed by atoms with E-state index in [2.05, 4.69) is 25.8 Å². The number of amides is 1. The maximum atomic E-state index is 12.7. The molecule has 1 aliphatic carbocycles. The zero-order valence-electron chi connectivity index (χ0n) is 11.7. The SMILES string of the molecule is O=C(c1cccc(Br)n1)N1CCCC1C1CCCCC1. The monoisotopic (exact) mass is 336 g/mol. The van der Waals surface area contributed by atoms with Gasteiger partial charge in [0.1, 0.15) is 10.3 Å². The molecule has 1 saturated carbocycles. The topological polar surface area (TPSA) is 33.2 Å². The van der Waals surface area contributed by atoms with Crippen LogP contribution in [0.2, 0.25) is 0 Å².